The van der Waals surface area contributed by atoms with Gasteiger partial charge in [0.05, 0.1) is 0 Å². The van der Waals surface area contributed by atoms with Crippen LogP contribution < -0.4 is 3.87 Å². The first-order chi connectivity index (χ1) is 9.17. The van der Waals surface area contributed by atoms with Crippen molar-refractivity contribution in [2.45, 2.75) is 25.5 Å². The Bertz CT molecular complexity index is 372. The van der Waals surface area contributed by atoms with E-state index >= 15 is 0 Å². The van der Waals surface area contributed by atoms with Gasteiger partial charge in [-0.25, -0.2) is 0 Å². The van der Waals surface area contributed by atoms with Crippen LogP contribution in [0.2, 0.25) is 4.73 Å². The Balaban J connectivity index is 3.43. The first kappa shape index (κ1) is 16.6. The molecule has 1 aromatic rings. The van der Waals surface area contributed by atoms with E-state index in [1.54, 1.807) is 0 Å². The second-order valence-corrected chi connectivity index (χ2v) is 10.9. The Kier molecular flexibility index (Phi) is 6.44. The molecular formula is C15H25O3Ti. The average molecular weight is 301 g/mol. The van der Waals surface area contributed by atoms with Gasteiger partial charge < -0.3 is 0 Å². The topological polar surface area (TPSA) is 27.7 Å². The molecule has 0 bridgehead atoms. The Morgan fingerprint density at radius 1 is 0.947 bits per heavy atom. The first-order valence-corrected chi connectivity index (χ1v) is 10.7. The van der Waals surface area contributed by atoms with Crippen LogP contribution in [-0.2, 0) is 26.4 Å². The molecule has 0 fully saturated rings. The summed E-state index contributed by atoms with van der Waals surface area (Å²) in [6.07, 6.45) is 1.85. The fraction of sp³-hybridized carbons (Fsp3) is 0.467. The van der Waals surface area contributed by atoms with E-state index in [1.165, 1.54) is 0 Å². The molecule has 0 heterocycles. The molecule has 0 saturated heterocycles. The molecule has 0 N–H and O–H groups in total. The van der Waals surface area contributed by atoms with Crippen molar-refractivity contribution in [1.29, 1.82) is 0 Å². The van der Waals surface area contributed by atoms with Gasteiger partial charge in [-0.15, -0.1) is 0 Å². The molecule has 0 aliphatic carbocycles. The summed E-state index contributed by atoms with van der Waals surface area (Å²) in [7, 11) is 0. The summed E-state index contributed by atoms with van der Waals surface area (Å²) < 4.78 is 20.3. The zero-order valence-corrected chi connectivity index (χ0v) is 13.8. The predicted octanol–water partition coefficient (Wildman–Crippen LogP) is 3.46. The number of allylic oxidation sites excluding steroid dienone is 1. The fourth-order valence-electron chi connectivity index (χ4n) is 2.55. The Hall–Kier alpha value is -0.446. The van der Waals surface area contributed by atoms with E-state index in [4.69, 9.17) is 9.96 Å². The molecule has 0 saturated carbocycles. The van der Waals surface area contributed by atoms with Crippen molar-refractivity contribution in [1.82, 2.24) is 0 Å². The van der Waals surface area contributed by atoms with Crippen LogP contribution in [0.1, 0.15) is 20.8 Å². The van der Waals surface area contributed by atoms with Crippen molar-refractivity contribution in [2.24, 2.45) is 0 Å². The molecule has 0 unspecified atom stereocenters. The van der Waals surface area contributed by atoms with Gasteiger partial charge in [0.25, 0.3) is 0 Å². The van der Waals surface area contributed by atoms with E-state index in [0.29, 0.717) is 24.5 Å². The van der Waals surface area contributed by atoms with Crippen molar-refractivity contribution >= 4 is 3.87 Å². The third kappa shape index (κ3) is 3.36. The third-order valence-corrected chi connectivity index (χ3v) is 11.0. The summed E-state index contributed by atoms with van der Waals surface area (Å²) in [5, 5.41) is 0. The molecule has 0 aliphatic heterocycles. The number of hydrogen-bond donors (Lipinski definition) is 0. The van der Waals surface area contributed by atoms with E-state index < -0.39 is 16.5 Å². The molecule has 1 aromatic carbocycles. The van der Waals surface area contributed by atoms with Crippen molar-refractivity contribution in [3.05, 3.63) is 43.0 Å². The van der Waals surface area contributed by atoms with Crippen LogP contribution in [0.5, 0.6) is 0 Å². The molecule has 0 amide bonds. The second kappa shape index (κ2) is 7.37. The summed E-state index contributed by atoms with van der Waals surface area (Å²) in [6.45, 7) is 11.5. The van der Waals surface area contributed by atoms with Gasteiger partial charge in [0.15, 0.2) is 0 Å². The van der Waals surface area contributed by atoms with Gasteiger partial charge in [0.2, 0.25) is 0 Å². The van der Waals surface area contributed by atoms with E-state index in [-0.39, 0.29) is 0 Å². The monoisotopic (exact) mass is 301 g/mol. The fourth-order valence-corrected chi connectivity index (χ4v) is 9.47. The second-order valence-electron chi connectivity index (χ2n) is 4.32. The predicted molar refractivity (Wildman–Crippen MR) is 76.0 cm³/mol. The Labute approximate surface area is 118 Å². The van der Waals surface area contributed by atoms with E-state index in [2.05, 4.69) is 6.58 Å². The summed E-state index contributed by atoms with van der Waals surface area (Å²) in [5.41, 5.74) is 0. The molecule has 1 rings (SSSR count). The van der Waals surface area contributed by atoms with Crippen LogP contribution in [0, 0.1) is 0 Å². The zero-order chi connectivity index (χ0) is 14.2. The van der Waals surface area contributed by atoms with E-state index in [0.717, 1.165) is 3.87 Å². The van der Waals surface area contributed by atoms with Crippen molar-refractivity contribution in [2.75, 3.05) is 19.8 Å². The molecular weight excluding hydrogens is 276 g/mol. The molecule has 19 heavy (non-hydrogen) atoms. The zero-order valence-electron chi connectivity index (χ0n) is 12.2. The Morgan fingerprint density at radius 2 is 1.42 bits per heavy atom. The van der Waals surface area contributed by atoms with Crippen LogP contribution in [0.3, 0.4) is 0 Å². The molecule has 4 heteroatoms. The number of benzene rings is 1. The van der Waals surface area contributed by atoms with Crippen molar-refractivity contribution < 1.29 is 26.4 Å². The molecule has 0 spiro atoms. The van der Waals surface area contributed by atoms with Gasteiger partial charge in [-0.2, -0.15) is 0 Å². The maximum atomic E-state index is 6.20. The van der Waals surface area contributed by atoms with Crippen molar-refractivity contribution in [3.8, 4) is 0 Å². The van der Waals surface area contributed by atoms with Gasteiger partial charge in [-0.3, -0.25) is 0 Å². The molecule has 0 radical (unpaired) electrons. The van der Waals surface area contributed by atoms with Gasteiger partial charge in [-0.05, 0) is 0 Å². The third-order valence-electron chi connectivity index (χ3n) is 3.14. The van der Waals surface area contributed by atoms with Crippen LogP contribution >= 0.6 is 0 Å². The van der Waals surface area contributed by atoms with Gasteiger partial charge in [0, 0.05) is 0 Å². The summed E-state index contributed by atoms with van der Waals surface area (Å²) in [6, 6.07) is 10.1. The molecule has 0 aliphatic rings. The van der Waals surface area contributed by atoms with E-state index in [9.17, 15) is 0 Å². The molecule has 107 valence electrons. The molecule has 0 aromatic heterocycles. The molecule has 3 nitrogen and oxygen atoms in total. The maximum absolute atomic E-state index is 6.20. The first-order valence-electron chi connectivity index (χ1n) is 6.93. The van der Waals surface area contributed by atoms with Crippen molar-refractivity contribution in [3.63, 3.8) is 0 Å². The summed E-state index contributed by atoms with van der Waals surface area (Å²) >= 11 is -4.14. The van der Waals surface area contributed by atoms with E-state index in [1.807, 2.05) is 57.2 Å². The van der Waals surface area contributed by atoms with Crippen LogP contribution in [0.4, 0.5) is 0 Å². The van der Waals surface area contributed by atoms with Crippen LogP contribution in [0.25, 0.3) is 0 Å². The molecule has 0 atom stereocenters. The van der Waals surface area contributed by atoms with Crippen LogP contribution in [-0.4, -0.2) is 19.8 Å². The summed E-state index contributed by atoms with van der Waals surface area (Å²) in [5.74, 6) is 0. The van der Waals surface area contributed by atoms with Crippen LogP contribution in [0.15, 0.2) is 43.0 Å². The Morgan fingerprint density at radius 3 is 1.79 bits per heavy atom. The minimum atomic E-state index is -4.14. The van der Waals surface area contributed by atoms with Gasteiger partial charge >= 0.3 is 119 Å². The number of rotatable bonds is 9. The average Bonchev–Trinajstić information content (AvgIpc) is 2.41. The standard InChI is InChI=1S/C6H5.C3H5.3C2H5O.Ti/c1-2-4-6-5-3-1;1-3-2;3*1-2-3;/h1-5H;3H,1-2H2;3*2H2,1H3;/q;;3*-1;+3. The number of hydrogen-bond acceptors (Lipinski definition) is 3. The quantitative estimate of drug-likeness (QED) is 0.516. The SMILES string of the molecule is C=C[CH2][Ti]([O]CC)([O]CC)([O]CC)[c]1ccccc1. The van der Waals surface area contributed by atoms with Gasteiger partial charge in [0.1, 0.15) is 0 Å². The minimum absolute atomic E-state index is 0.569. The van der Waals surface area contributed by atoms with Gasteiger partial charge in [-0.1, -0.05) is 0 Å². The summed E-state index contributed by atoms with van der Waals surface area (Å²) in [4.78, 5) is 0. The normalized spacial score (nSPS) is 13.7.